The minimum atomic E-state index is -0.346. The maximum atomic E-state index is 11.3. The molecule has 1 aliphatic carbocycles. The maximum absolute atomic E-state index is 11.3. The van der Waals surface area contributed by atoms with Crippen LogP contribution in [-0.4, -0.2) is 23.0 Å². The first-order valence-electron chi connectivity index (χ1n) is 5.94. The van der Waals surface area contributed by atoms with Crippen LogP contribution in [0.5, 0.6) is 0 Å². The summed E-state index contributed by atoms with van der Waals surface area (Å²) in [7, 11) is 1.37. The average molecular weight is 292 g/mol. The Morgan fingerprint density at radius 1 is 1.47 bits per heavy atom. The summed E-state index contributed by atoms with van der Waals surface area (Å²) in [5, 5.41) is 4.06. The van der Waals surface area contributed by atoms with E-state index in [4.69, 9.17) is 0 Å². The Labute approximate surface area is 118 Å². The largest absolute Gasteiger partial charge is 0.465 e. The lowest BCUT2D eigenvalue weighted by atomic mass is 10.4. The number of nitrogens with zero attached hydrogens (tertiary/aromatic N) is 2. The Bertz CT molecular complexity index is 626. The van der Waals surface area contributed by atoms with Crippen molar-refractivity contribution in [2.24, 2.45) is 0 Å². The SMILES string of the molecule is COC(=O)c1cnc(/C=C/c2csc(C3CC3)n2)s1. The molecule has 6 heteroatoms. The third kappa shape index (κ3) is 2.90. The molecule has 0 atom stereocenters. The average Bonchev–Trinajstić information content (AvgIpc) is 3.00. The minimum Gasteiger partial charge on any atom is -0.465 e. The number of methoxy groups -OCH3 is 1. The summed E-state index contributed by atoms with van der Waals surface area (Å²) in [5.41, 5.74) is 0.960. The number of ether oxygens (including phenoxy) is 1. The number of carbonyl (C=O) groups is 1. The van der Waals surface area contributed by atoms with E-state index in [0.717, 1.165) is 10.7 Å². The smallest absolute Gasteiger partial charge is 0.349 e. The zero-order valence-electron chi connectivity index (χ0n) is 10.3. The van der Waals surface area contributed by atoms with Gasteiger partial charge >= 0.3 is 5.97 Å². The number of rotatable bonds is 4. The number of esters is 1. The van der Waals surface area contributed by atoms with Crippen LogP contribution in [0, 0.1) is 0 Å². The highest BCUT2D eigenvalue weighted by Gasteiger charge is 2.26. The van der Waals surface area contributed by atoms with Gasteiger partial charge in [0.05, 0.1) is 24.0 Å². The molecule has 98 valence electrons. The number of hydrogen-bond acceptors (Lipinski definition) is 6. The summed E-state index contributed by atoms with van der Waals surface area (Å²) in [5.74, 6) is 0.347. The van der Waals surface area contributed by atoms with Crippen molar-refractivity contribution in [1.82, 2.24) is 9.97 Å². The summed E-state index contributed by atoms with van der Waals surface area (Å²) in [6.07, 6.45) is 7.88. The van der Waals surface area contributed by atoms with Gasteiger partial charge in [-0.15, -0.1) is 22.7 Å². The molecule has 0 spiro atoms. The minimum absolute atomic E-state index is 0.346. The van der Waals surface area contributed by atoms with E-state index in [1.54, 1.807) is 11.3 Å². The quantitative estimate of drug-likeness (QED) is 0.810. The summed E-state index contributed by atoms with van der Waals surface area (Å²) < 4.78 is 4.65. The lowest BCUT2D eigenvalue weighted by Gasteiger charge is -1.90. The van der Waals surface area contributed by atoms with E-state index in [-0.39, 0.29) is 5.97 Å². The Hall–Kier alpha value is -1.53. The van der Waals surface area contributed by atoms with Gasteiger partial charge in [0.1, 0.15) is 9.88 Å². The molecule has 0 aromatic carbocycles. The molecule has 0 saturated heterocycles. The van der Waals surface area contributed by atoms with Crippen LogP contribution in [0.2, 0.25) is 0 Å². The van der Waals surface area contributed by atoms with Crippen molar-refractivity contribution < 1.29 is 9.53 Å². The van der Waals surface area contributed by atoms with Crippen LogP contribution in [0.3, 0.4) is 0 Å². The van der Waals surface area contributed by atoms with Gasteiger partial charge < -0.3 is 4.74 Å². The topological polar surface area (TPSA) is 52.1 Å². The Balaban J connectivity index is 1.70. The molecule has 2 heterocycles. The second-order valence-corrected chi connectivity index (χ2v) is 6.22. The van der Waals surface area contributed by atoms with Gasteiger partial charge in [-0.3, -0.25) is 0 Å². The van der Waals surface area contributed by atoms with Gasteiger partial charge in [-0.2, -0.15) is 0 Å². The molecule has 2 aromatic rings. The number of hydrogen-bond donors (Lipinski definition) is 0. The molecular weight excluding hydrogens is 280 g/mol. The van der Waals surface area contributed by atoms with Crippen LogP contribution < -0.4 is 0 Å². The van der Waals surface area contributed by atoms with Crippen molar-refractivity contribution in [2.45, 2.75) is 18.8 Å². The van der Waals surface area contributed by atoms with Crippen molar-refractivity contribution in [2.75, 3.05) is 7.11 Å². The molecule has 1 saturated carbocycles. The molecule has 1 aliphatic rings. The van der Waals surface area contributed by atoms with Crippen molar-refractivity contribution in [3.05, 3.63) is 32.2 Å². The fourth-order valence-corrected chi connectivity index (χ4v) is 3.31. The predicted molar refractivity (Wildman–Crippen MR) is 76.5 cm³/mol. The van der Waals surface area contributed by atoms with E-state index in [9.17, 15) is 4.79 Å². The van der Waals surface area contributed by atoms with Gasteiger partial charge in [0.15, 0.2) is 0 Å². The van der Waals surface area contributed by atoms with Gasteiger partial charge in [-0.05, 0) is 25.0 Å². The third-order valence-corrected chi connectivity index (χ3v) is 4.74. The van der Waals surface area contributed by atoms with E-state index in [1.165, 1.54) is 42.5 Å². The highest BCUT2D eigenvalue weighted by molar-refractivity contribution is 7.14. The number of thiazole rings is 2. The second kappa shape index (κ2) is 5.22. The molecule has 0 amide bonds. The monoisotopic (exact) mass is 292 g/mol. The van der Waals surface area contributed by atoms with Crippen molar-refractivity contribution in [3.8, 4) is 0 Å². The van der Waals surface area contributed by atoms with Gasteiger partial charge in [-0.25, -0.2) is 14.8 Å². The fraction of sp³-hybridized carbons (Fsp3) is 0.308. The van der Waals surface area contributed by atoms with Gasteiger partial charge in [-0.1, -0.05) is 0 Å². The van der Waals surface area contributed by atoms with E-state index >= 15 is 0 Å². The molecule has 0 radical (unpaired) electrons. The highest BCUT2D eigenvalue weighted by Crippen LogP contribution is 2.41. The molecule has 0 bridgehead atoms. The lowest BCUT2D eigenvalue weighted by molar-refractivity contribution is 0.0606. The molecule has 1 fully saturated rings. The fourth-order valence-electron chi connectivity index (χ4n) is 1.61. The molecule has 0 unspecified atom stereocenters. The van der Waals surface area contributed by atoms with Gasteiger partial charge in [0.25, 0.3) is 0 Å². The second-order valence-electron chi connectivity index (χ2n) is 4.27. The first-order valence-corrected chi connectivity index (χ1v) is 7.63. The summed E-state index contributed by atoms with van der Waals surface area (Å²) in [4.78, 5) is 20.5. The zero-order chi connectivity index (χ0) is 13.2. The summed E-state index contributed by atoms with van der Waals surface area (Å²) >= 11 is 3.03. The molecule has 0 aliphatic heterocycles. The van der Waals surface area contributed by atoms with Gasteiger partial charge in [0, 0.05) is 11.3 Å². The van der Waals surface area contributed by atoms with Crippen LogP contribution in [0.25, 0.3) is 12.2 Å². The van der Waals surface area contributed by atoms with Crippen molar-refractivity contribution in [1.29, 1.82) is 0 Å². The molecule has 4 nitrogen and oxygen atoms in total. The number of carbonyl (C=O) groups excluding carboxylic acids is 1. The Kier molecular flexibility index (Phi) is 3.44. The van der Waals surface area contributed by atoms with E-state index < -0.39 is 0 Å². The Morgan fingerprint density at radius 3 is 3.05 bits per heavy atom. The summed E-state index contributed by atoms with van der Waals surface area (Å²) in [6, 6.07) is 0. The molecular formula is C13H12N2O2S2. The van der Waals surface area contributed by atoms with Crippen LogP contribution >= 0.6 is 22.7 Å². The van der Waals surface area contributed by atoms with Crippen molar-refractivity contribution in [3.63, 3.8) is 0 Å². The maximum Gasteiger partial charge on any atom is 0.349 e. The normalized spacial score (nSPS) is 15.0. The first kappa shape index (κ1) is 12.5. The molecule has 19 heavy (non-hydrogen) atoms. The van der Waals surface area contributed by atoms with E-state index in [2.05, 4.69) is 20.1 Å². The zero-order valence-corrected chi connectivity index (χ0v) is 12.0. The summed E-state index contributed by atoms with van der Waals surface area (Å²) in [6.45, 7) is 0. The molecule has 2 aromatic heterocycles. The number of aromatic nitrogens is 2. The van der Waals surface area contributed by atoms with Crippen LogP contribution in [0.15, 0.2) is 11.6 Å². The van der Waals surface area contributed by atoms with Crippen molar-refractivity contribution >= 4 is 40.8 Å². The van der Waals surface area contributed by atoms with Crippen LogP contribution in [0.4, 0.5) is 0 Å². The molecule has 3 rings (SSSR count). The standard InChI is InChI=1S/C13H12N2O2S2/c1-17-13(16)10-6-14-11(19-10)5-4-9-7-18-12(15-9)8-2-3-8/h4-8H,2-3H2,1H3/b5-4+. The van der Waals surface area contributed by atoms with Gasteiger partial charge in [0.2, 0.25) is 0 Å². The van der Waals surface area contributed by atoms with Crippen LogP contribution in [-0.2, 0) is 4.74 Å². The van der Waals surface area contributed by atoms with Crippen LogP contribution in [0.1, 0.15) is 44.1 Å². The Morgan fingerprint density at radius 2 is 2.32 bits per heavy atom. The lowest BCUT2D eigenvalue weighted by Crippen LogP contribution is -1.96. The predicted octanol–water partition coefficient (Wildman–Crippen LogP) is 3.43. The van der Waals surface area contributed by atoms with E-state index in [0.29, 0.717) is 10.8 Å². The first-order chi connectivity index (χ1) is 9.26. The molecule has 0 N–H and O–H groups in total. The highest BCUT2D eigenvalue weighted by atomic mass is 32.1. The van der Waals surface area contributed by atoms with E-state index in [1.807, 2.05) is 12.2 Å². The third-order valence-electron chi connectivity index (χ3n) is 2.77.